The fourth-order valence-corrected chi connectivity index (χ4v) is 1.59. The number of thiazole rings is 1. The molecule has 0 spiro atoms. The maximum Gasteiger partial charge on any atom is 0.182 e. The average molecular weight is 213 g/mol. The summed E-state index contributed by atoms with van der Waals surface area (Å²) in [5.74, 6) is 0. The van der Waals surface area contributed by atoms with Crippen LogP contribution in [0.15, 0.2) is 3.79 Å². The molecule has 1 heterocycles. The maximum atomic E-state index is 5.50. The van der Waals surface area contributed by atoms with E-state index < -0.39 is 0 Å². The third kappa shape index (κ3) is 1.13. The number of hydrogen-bond donors (Lipinski definition) is 1. The van der Waals surface area contributed by atoms with E-state index in [1.165, 1.54) is 11.3 Å². The number of rotatable bonds is 0. The van der Waals surface area contributed by atoms with Gasteiger partial charge in [-0.2, -0.15) is 0 Å². The Morgan fingerprint density at radius 1 is 1.75 bits per heavy atom. The van der Waals surface area contributed by atoms with Crippen LogP contribution in [-0.4, -0.2) is 4.98 Å². The van der Waals surface area contributed by atoms with Crippen LogP contribution in [0.5, 0.6) is 0 Å². The molecule has 0 aliphatic carbocycles. The molecule has 1 aromatic heterocycles. The van der Waals surface area contributed by atoms with Crippen molar-refractivity contribution in [3.63, 3.8) is 0 Å². The number of halogens is 2. The zero-order valence-electron chi connectivity index (χ0n) is 3.69. The second kappa shape index (κ2) is 2.21. The van der Waals surface area contributed by atoms with Crippen molar-refractivity contribution in [3.05, 3.63) is 8.94 Å². The van der Waals surface area contributed by atoms with Gasteiger partial charge >= 0.3 is 0 Å². The van der Waals surface area contributed by atoms with Crippen molar-refractivity contribution in [2.75, 3.05) is 5.73 Å². The fourth-order valence-electron chi connectivity index (χ4n) is 0.297. The molecular weight excluding hydrogens is 211 g/mol. The highest BCUT2D eigenvalue weighted by atomic mass is 79.9. The van der Waals surface area contributed by atoms with E-state index in [2.05, 4.69) is 20.9 Å². The summed E-state index contributed by atoms with van der Waals surface area (Å²) in [7, 11) is 0. The summed E-state index contributed by atoms with van der Waals surface area (Å²) in [6, 6.07) is 0. The van der Waals surface area contributed by atoms with E-state index in [1.54, 1.807) is 0 Å². The molecule has 0 atom stereocenters. The number of nitrogen functional groups attached to an aromatic ring is 1. The summed E-state index contributed by atoms with van der Waals surface area (Å²) in [6.07, 6.45) is 0. The molecule has 2 N–H and O–H groups in total. The molecule has 0 saturated heterocycles. The van der Waals surface area contributed by atoms with E-state index in [4.69, 9.17) is 17.3 Å². The van der Waals surface area contributed by atoms with Crippen molar-refractivity contribution in [2.24, 2.45) is 0 Å². The lowest BCUT2D eigenvalue weighted by molar-refractivity contribution is 1.42. The Bertz CT molecular complexity index is 180. The summed E-state index contributed by atoms with van der Waals surface area (Å²) in [5.41, 5.74) is 5.27. The lowest BCUT2D eigenvalue weighted by atomic mass is 11.0. The molecular formula is C3H2BrClN2S. The predicted molar refractivity (Wildman–Crippen MR) is 39.2 cm³/mol. The van der Waals surface area contributed by atoms with Gasteiger partial charge in [-0.3, -0.25) is 0 Å². The number of anilines is 1. The topological polar surface area (TPSA) is 38.9 Å². The van der Waals surface area contributed by atoms with Gasteiger partial charge in [0.1, 0.15) is 3.79 Å². The van der Waals surface area contributed by atoms with Gasteiger partial charge in [0.05, 0.1) is 0 Å². The quantitative estimate of drug-likeness (QED) is 0.717. The Balaban J connectivity index is 3.14. The SMILES string of the molecule is Nc1nc(Cl)c(Br)s1. The highest BCUT2D eigenvalue weighted by Gasteiger charge is 2.00. The summed E-state index contributed by atoms with van der Waals surface area (Å²) >= 11 is 9.98. The summed E-state index contributed by atoms with van der Waals surface area (Å²) in [5, 5.41) is 0.925. The minimum absolute atomic E-state index is 0.438. The third-order valence-corrected chi connectivity index (χ3v) is 2.71. The zero-order valence-corrected chi connectivity index (χ0v) is 6.85. The zero-order chi connectivity index (χ0) is 6.15. The Hall–Kier alpha value is 0.200. The van der Waals surface area contributed by atoms with Crippen molar-refractivity contribution in [1.82, 2.24) is 4.98 Å². The smallest absolute Gasteiger partial charge is 0.182 e. The van der Waals surface area contributed by atoms with Crippen LogP contribution in [0.3, 0.4) is 0 Å². The molecule has 0 bridgehead atoms. The third-order valence-electron chi connectivity index (χ3n) is 0.565. The van der Waals surface area contributed by atoms with E-state index in [9.17, 15) is 0 Å². The molecule has 44 valence electrons. The van der Waals surface area contributed by atoms with Crippen LogP contribution < -0.4 is 5.73 Å². The van der Waals surface area contributed by atoms with E-state index >= 15 is 0 Å². The van der Waals surface area contributed by atoms with Crippen LogP contribution in [0.2, 0.25) is 5.15 Å². The Labute approximate surface area is 63.8 Å². The molecule has 2 nitrogen and oxygen atoms in total. The molecule has 0 aromatic carbocycles. The van der Waals surface area contributed by atoms with Gasteiger partial charge in [-0.1, -0.05) is 22.9 Å². The molecule has 0 amide bonds. The number of hydrogen-bond acceptors (Lipinski definition) is 3. The molecule has 0 fully saturated rings. The van der Waals surface area contributed by atoms with Crippen LogP contribution in [0.25, 0.3) is 0 Å². The minimum atomic E-state index is 0.438. The highest BCUT2D eigenvalue weighted by molar-refractivity contribution is 9.11. The Morgan fingerprint density at radius 2 is 2.38 bits per heavy atom. The minimum Gasteiger partial charge on any atom is -0.375 e. The number of nitrogens with two attached hydrogens (primary N) is 1. The first kappa shape index (κ1) is 6.32. The molecule has 0 radical (unpaired) electrons. The summed E-state index contributed by atoms with van der Waals surface area (Å²) < 4.78 is 0.789. The second-order valence-electron chi connectivity index (χ2n) is 1.12. The van der Waals surface area contributed by atoms with Gasteiger partial charge in [-0.05, 0) is 15.9 Å². The predicted octanol–water partition coefficient (Wildman–Crippen LogP) is 2.14. The van der Waals surface area contributed by atoms with Gasteiger partial charge in [0.2, 0.25) is 0 Å². The van der Waals surface area contributed by atoms with Crippen molar-refractivity contribution < 1.29 is 0 Å². The van der Waals surface area contributed by atoms with E-state index in [0.717, 1.165) is 3.79 Å². The number of aromatic nitrogens is 1. The molecule has 1 rings (SSSR count). The van der Waals surface area contributed by atoms with Crippen LogP contribution in [0, 0.1) is 0 Å². The first-order valence-electron chi connectivity index (χ1n) is 1.77. The van der Waals surface area contributed by atoms with E-state index in [-0.39, 0.29) is 0 Å². The van der Waals surface area contributed by atoms with Crippen LogP contribution in [-0.2, 0) is 0 Å². The molecule has 0 aliphatic heterocycles. The molecule has 8 heavy (non-hydrogen) atoms. The molecule has 0 unspecified atom stereocenters. The highest BCUT2D eigenvalue weighted by Crippen LogP contribution is 2.29. The van der Waals surface area contributed by atoms with E-state index in [0.29, 0.717) is 10.3 Å². The Kier molecular flexibility index (Phi) is 1.74. The summed E-state index contributed by atoms with van der Waals surface area (Å²) in [4.78, 5) is 3.73. The summed E-state index contributed by atoms with van der Waals surface area (Å²) in [6.45, 7) is 0. The van der Waals surface area contributed by atoms with Gasteiger partial charge in [0, 0.05) is 0 Å². The second-order valence-corrected chi connectivity index (χ2v) is 3.82. The lowest BCUT2D eigenvalue weighted by Gasteiger charge is -1.71. The fraction of sp³-hybridized carbons (Fsp3) is 0. The molecule has 1 aromatic rings. The average Bonchev–Trinajstić information content (AvgIpc) is 1.85. The van der Waals surface area contributed by atoms with Gasteiger partial charge in [0.15, 0.2) is 10.3 Å². The van der Waals surface area contributed by atoms with Gasteiger partial charge in [-0.25, -0.2) is 4.98 Å². The molecule has 0 saturated carbocycles. The number of nitrogens with zero attached hydrogens (tertiary/aromatic N) is 1. The monoisotopic (exact) mass is 212 g/mol. The van der Waals surface area contributed by atoms with Crippen LogP contribution in [0.4, 0.5) is 5.13 Å². The van der Waals surface area contributed by atoms with Crippen molar-refractivity contribution in [2.45, 2.75) is 0 Å². The Morgan fingerprint density at radius 3 is 2.50 bits per heavy atom. The van der Waals surface area contributed by atoms with E-state index in [1.807, 2.05) is 0 Å². The van der Waals surface area contributed by atoms with Crippen LogP contribution >= 0.6 is 38.9 Å². The standard InChI is InChI=1S/C3H2BrClN2S/c4-1-2(5)7-3(6)8-1/h(H2,6,7). The van der Waals surface area contributed by atoms with Crippen molar-refractivity contribution >= 4 is 44.0 Å². The first-order valence-corrected chi connectivity index (χ1v) is 3.76. The normalized spacial score (nSPS) is 9.75. The van der Waals surface area contributed by atoms with Gasteiger partial charge in [0.25, 0.3) is 0 Å². The van der Waals surface area contributed by atoms with Crippen LogP contribution in [0.1, 0.15) is 0 Å². The van der Waals surface area contributed by atoms with Gasteiger partial charge < -0.3 is 5.73 Å². The maximum absolute atomic E-state index is 5.50. The largest absolute Gasteiger partial charge is 0.375 e. The molecule has 0 aliphatic rings. The molecule has 5 heteroatoms. The van der Waals surface area contributed by atoms with Crippen molar-refractivity contribution in [1.29, 1.82) is 0 Å². The first-order chi connectivity index (χ1) is 3.70. The lowest BCUT2D eigenvalue weighted by Crippen LogP contribution is -1.78. The van der Waals surface area contributed by atoms with Gasteiger partial charge in [-0.15, -0.1) is 0 Å². The van der Waals surface area contributed by atoms with Crippen molar-refractivity contribution in [3.8, 4) is 0 Å².